The Labute approximate surface area is 192 Å². The molecule has 1 aromatic carbocycles. The minimum absolute atomic E-state index is 0.626. The molecular formula is C24H36Cl2N4. The van der Waals surface area contributed by atoms with Gasteiger partial charge in [0, 0.05) is 23.7 Å². The van der Waals surface area contributed by atoms with E-state index < -0.39 is 0 Å². The third kappa shape index (κ3) is 7.72. The van der Waals surface area contributed by atoms with Crippen molar-refractivity contribution in [2.24, 2.45) is 0 Å². The summed E-state index contributed by atoms with van der Waals surface area (Å²) in [5.74, 6) is 0.924. The molecule has 0 aliphatic heterocycles. The van der Waals surface area contributed by atoms with Crippen LogP contribution >= 0.6 is 23.2 Å². The number of halogens is 2. The van der Waals surface area contributed by atoms with Gasteiger partial charge in [-0.1, -0.05) is 62.7 Å². The molecule has 1 heterocycles. The van der Waals surface area contributed by atoms with Gasteiger partial charge in [-0.15, -0.1) is 0 Å². The third-order valence-electron chi connectivity index (χ3n) is 5.11. The number of nitrogens with zero attached hydrogens (tertiary/aromatic N) is 3. The number of aromatic nitrogens is 2. The van der Waals surface area contributed by atoms with Crippen molar-refractivity contribution in [3.8, 4) is 11.3 Å². The van der Waals surface area contributed by atoms with Crippen LogP contribution in [0.5, 0.6) is 0 Å². The van der Waals surface area contributed by atoms with Crippen LogP contribution in [0.2, 0.25) is 10.0 Å². The first-order valence-corrected chi connectivity index (χ1v) is 12.0. The summed E-state index contributed by atoms with van der Waals surface area (Å²) in [7, 11) is 4.16. The zero-order valence-corrected chi connectivity index (χ0v) is 20.4. The van der Waals surface area contributed by atoms with Crippen molar-refractivity contribution < 1.29 is 0 Å². The maximum absolute atomic E-state index is 6.56. The van der Waals surface area contributed by atoms with Crippen LogP contribution in [0.3, 0.4) is 0 Å². The maximum atomic E-state index is 6.56. The molecule has 1 aromatic heterocycles. The highest BCUT2D eigenvalue weighted by Gasteiger charge is 2.17. The molecule has 0 amide bonds. The second-order valence-corrected chi connectivity index (χ2v) is 8.93. The van der Waals surface area contributed by atoms with Crippen molar-refractivity contribution in [3.63, 3.8) is 0 Å². The molecule has 2 aromatic rings. The molecule has 0 atom stereocenters. The number of hydrogen-bond acceptors (Lipinski definition) is 4. The van der Waals surface area contributed by atoms with Gasteiger partial charge in [0.2, 0.25) is 0 Å². The minimum Gasteiger partial charge on any atom is -0.367 e. The SMILES string of the molecule is CCCCCc1nc(-c2ccc(Cl)cc2Cl)c(CCCCC)nc1NCCN(C)C. The van der Waals surface area contributed by atoms with Crippen molar-refractivity contribution in [2.75, 3.05) is 32.5 Å². The van der Waals surface area contributed by atoms with Crippen LogP contribution in [0.25, 0.3) is 11.3 Å². The molecule has 0 saturated carbocycles. The van der Waals surface area contributed by atoms with Gasteiger partial charge in [0.05, 0.1) is 22.1 Å². The second kappa shape index (κ2) is 13.1. The van der Waals surface area contributed by atoms with Gasteiger partial charge in [0.25, 0.3) is 0 Å². The van der Waals surface area contributed by atoms with E-state index in [1.54, 1.807) is 6.07 Å². The molecule has 30 heavy (non-hydrogen) atoms. The maximum Gasteiger partial charge on any atom is 0.148 e. The van der Waals surface area contributed by atoms with E-state index in [0.29, 0.717) is 10.0 Å². The minimum atomic E-state index is 0.626. The topological polar surface area (TPSA) is 41.1 Å². The smallest absolute Gasteiger partial charge is 0.148 e. The van der Waals surface area contributed by atoms with Gasteiger partial charge >= 0.3 is 0 Å². The Kier molecular flexibility index (Phi) is 10.9. The number of benzene rings is 1. The van der Waals surface area contributed by atoms with Crippen LogP contribution in [-0.4, -0.2) is 42.1 Å². The van der Waals surface area contributed by atoms with Crippen LogP contribution in [0.1, 0.15) is 63.8 Å². The number of hydrogen-bond donors (Lipinski definition) is 1. The van der Waals surface area contributed by atoms with Crippen LogP contribution < -0.4 is 5.32 Å². The summed E-state index contributed by atoms with van der Waals surface area (Å²) in [6, 6.07) is 5.63. The molecule has 0 spiro atoms. The predicted molar refractivity (Wildman–Crippen MR) is 131 cm³/mol. The van der Waals surface area contributed by atoms with Gasteiger partial charge in [-0.3, -0.25) is 0 Å². The first-order valence-electron chi connectivity index (χ1n) is 11.2. The molecule has 0 bridgehead atoms. The predicted octanol–water partition coefficient (Wildman–Crippen LogP) is 6.89. The average Bonchev–Trinajstić information content (AvgIpc) is 2.69. The fourth-order valence-electron chi connectivity index (χ4n) is 3.38. The lowest BCUT2D eigenvalue weighted by Gasteiger charge is -2.18. The van der Waals surface area contributed by atoms with E-state index in [4.69, 9.17) is 33.2 Å². The average molecular weight is 451 g/mol. The van der Waals surface area contributed by atoms with Crippen molar-refractivity contribution in [3.05, 3.63) is 39.6 Å². The van der Waals surface area contributed by atoms with Gasteiger partial charge in [-0.05, 0) is 58.0 Å². The Balaban J connectivity index is 2.45. The molecule has 4 nitrogen and oxygen atoms in total. The number of anilines is 1. The lowest BCUT2D eigenvalue weighted by Crippen LogP contribution is -2.22. The van der Waals surface area contributed by atoms with Crippen molar-refractivity contribution in [1.29, 1.82) is 0 Å². The van der Waals surface area contributed by atoms with E-state index in [0.717, 1.165) is 67.2 Å². The zero-order valence-electron chi connectivity index (χ0n) is 18.9. The van der Waals surface area contributed by atoms with Crippen LogP contribution in [0, 0.1) is 0 Å². The highest BCUT2D eigenvalue weighted by molar-refractivity contribution is 6.36. The Hall–Kier alpha value is -1.36. The first-order chi connectivity index (χ1) is 14.5. The van der Waals surface area contributed by atoms with E-state index in [1.807, 2.05) is 12.1 Å². The number of unbranched alkanes of at least 4 members (excludes halogenated alkanes) is 4. The lowest BCUT2D eigenvalue weighted by molar-refractivity contribution is 0.425. The molecule has 0 aliphatic carbocycles. The summed E-state index contributed by atoms with van der Waals surface area (Å²) >= 11 is 12.7. The van der Waals surface area contributed by atoms with E-state index in [9.17, 15) is 0 Å². The monoisotopic (exact) mass is 450 g/mol. The molecular weight excluding hydrogens is 415 g/mol. The summed E-state index contributed by atoms with van der Waals surface area (Å²) in [5, 5.41) is 4.80. The van der Waals surface area contributed by atoms with Crippen molar-refractivity contribution in [2.45, 2.75) is 65.2 Å². The third-order valence-corrected chi connectivity index (χ3v) is 5.66. The summed E-state index contributed by atoms with van der Waals surface area (Å²) in [5.41, 5.74) is 3.86. The molecule has 166 valence electrons. The van der Waals surface area contributed by atoms with E-state index >= 15 is 0 Å². The van der Waals surface area contributed by atoms with Crippen LogP contribution in [0.15, 0.2) is 18.2 Å². The number of nitrogens with one attached hydrogen (secondary N) is 1. The molecule has 2 rings (SSSR count). The Morgan fingerprint density at radius 2 is 1.57 bits per heavy atom. The van der Waals surface area contributed by atoms with Crippen LogP contribution in [0.4, 0.5) is 5.82 Å². The fraction of sp³-hybridized carbons (Fsp3) is 0.583. The van der Waals surface area contributed by atoms with Gasteiger partial charge in [0.1, 0.15) is 5.82 Å². The lowest BCUT2D eigenvalue weighted by atomic mass is 10.0. The number of rotatable bonds is 13. The summed E-state index contributed by atoms with van der Waals surface area (Å²) in [6.45, 7) is 6.23. The van der Waals surface area contributed by atoms with Gasteiger partial charge in [-0.2, -0.15) is 0 Å². The molecule has 0 unspecified atom stereocenters. The highest BCUT2D eigenvalue weighted by atomic mass is 35.5. The summed E-state index contributed by atoms with van der Waals surface area (Å²) < 4.78 is 0. The highest BCUT2D eigenvalue weighted by Crippen LogP contribution is 2.33. The van der Waals surface area contributed by atoms with Gasteiger partial charge in [-0.25, -0.2) is 9.97 Å². The quantitative estimate of drug-likeness (QED) is 0.337. The first kappa shape index (κ1) is 24.9. The Morgan fingerprint density at radius 3 is 2.17 bits per heavy atom. The molecule has 1 N–H and O–H groups in total. The van der Waals surface area contributed by atoms with E-state index in [1.165, 1.54) is 25.7 Å². The van der Waals surface area contributed by atoms with Crippen molar-refractivity contribution >= 4 is 29.0 Å². The van der Waals surface area contributed by atoms with Gasteiger partial charge in [0.15, 0.2) is 0 Å². The molecule has 0 aliphatic rings. The van der Waals surface area contributed by atoms with Crippen LogP contribution in [-0.2, 0) is 12.8 Å². The standard InChI is InChI=1S/C24H36Cl2N4/c1-5-7-9-11-21-23(19-14-13-18(25)17-20(19)26)28-22(12-10-8-6-2)24(29-21)27-15-16-30(3)4/h13-14,17H,5-12,15-16H2,1-4H3,(H,27,29). The Bertz CT molecular complexity index is 793. The fourth-order valence-corrected chi connectivity index (χ4v) is 3.87. The number of likely N-dealkylation sites (N-methyl/N-ethyl adjacent to an activating group) is 1. The second-order valence-electron chi connectivity index (χ2n) is 8.08. The summed E-state index contributed by atoms with van der Waals surface area (Å²) in [6.07, 6.45) is 8.73. The largest absolute Gasteiger partial charge is 0.367 e. The molecule has 0 fully saturated rings. The zero-order chi connectivity index (χ0) is 21.9. The number of aryl methyl sites for hydroxylation is 2. The van der Waals surface area contributed by atoms with E-state index in [2.05, 4.69) is 38.2 Å². The molecule has 0 saturated heterocycles. The molecule has 0 radical (unpaired) electrons. The summed E-state index contributed by atoms with van der Waals surface area (Å²) in [4.78, 5) is 12.4. The van der Waals surface area contributed by atoms with E-state index in [-0.39, 0.29) is 0 Å². The van der Waals surface area contributed by atoms with Gasteiger partial charge < -0.3 is 10.2 Å². The van der Waals surface area contributed by atoms with Crippen molar-refractivity contribution in [1.82, 2.24) is 14.9 Å². The molecule has 6 heteroatoms. The Morgan fingerprint density at radius 1 is 0.900 bits per heavy atom. The normalized spacial score (nSPS) is 11.3.